The van der Waals surface area contributed by atoms with Gasteiger partial charge in [-0.1, -0.05) is 152 Å². The zero-order valence-electron chi connectivity index (χ0n) is 23.1. The molecule has 2 aliphatic carbocycles. The van der Waals surface area contributed by atoms with E-state index in [1.54, 1.807) is 0 Å². The van der Waals surface area contributed by atoms with Crippen molar-refractivity contribution in [1.82, 2.24) is 0 Å². The van der Waals surface area contributed by atoms with Gasteiger partial charge in [-0.2, -0.15) is 0 Å². The molecule has 0 saturated heterocycles. The van der Waals surface area contributed by atoms with Crippen LogP contribution in [0, 0.1) is 5.92 Å². The molecule has 0 N–H and O–H groups in total. The Hall–Kier alpha value is -2.08. The zero-order chi connectivity index (χ0) is 25.3. The second-order valence-electron chi connectivity index (χ2n) is 10.5. The lowest BCUT2D eigenvalue weighted by molar-refractivity contribution is 0.420. The lowest BCUT2D eigenvalue weighted by Crippen LogP contribution is -2.08. The van der Waals surface area contributed by atoms with Crippen molar-refractivity contribution in [1.29, 1.82) is 0 Å². The summed E-state index contributed by atoms with van der Waals surface area (Å²) < 4.78 is 0. The third kappa shape index (κ3) is 11.0. The summed E-state index contributed by atoms with van der Waals surface area (Å²) in [6, 6.07) is 17.7. The Balaban J connectivity index is 0.000000201. The molecular formula is C35H52. The van der Waals surface area contributed by atoms with E-state index in [1.165, 1.54) is 106 Å². The van der Waals surface area contributed by atoms with Crippen LogP contribution in [-0.4, -0.2) is 0 Å². The molecule has 2 fully saturated rings. The van der Waals surface area contributed by atoms with Gasteiger partial charge in [0.1, 0.15) is 0 Å². The van der Waals surface area contributed by atoms with Gasteiger partial charge in [-0.15, -0.1) is 0 Å². The van der Waals surface area contributed by atoms with Crippen LogP contribution in [0.4, 0.5) is 0 Å². The van der Waals surface area contributed by atoms with Gasteiger partial charge in [0.2, 0.25) is 0 Å². The average Bonchev–Trinajstić information content (AvgIpc) is 3.64. The van der Waals surface area contributed by atoms with E-state index < -0.39 is 0 Å². The standard InChI is InChI=1S/C16H22.C12H14.C7H16/c1-3-5-6-7-15-12-16(15)14-10-8-13(4-2)9-11-14;1-2-10-5-3-8-12(9-10)11-6-4-7-11;1-3-5-7-6-4-2/h4,8-11,15-16H,2-3,5-7,12H2,1H3;2-3,5,8-9,11H,1,4,6-7H2;3-7H2,1-2H3. The highest BCUT2D eigenvalue weighted by molar-refractivity contribution is 5.49. The molecule has 2 aromatic rings. The highest BCUT2D eigenvalue weighted by atomic mass is 14.4. The highest BCUT2D eigenvalue weighted by Gasteiger charge is 2.37. The highest BCUT2D eigenvalue weighted by Crippen LogP contribution is 2.50. The molecule has 192 valence electrons. The normalized spacial score (nSPS) is 18.3. The molecule has 0 heterocycles. The van der Waals surface area contributed by atoms with Crippen LogP contribution in [-0.2, 0) is 0 Å². The summed E-state index contributed by atoms with van der Waals surface area (Å²) in [6.45, 7) is 14.3. The van der Waals surface area contributed by atoms with E-state index in [1.807, 2.05) is 12.2 Å². The van der Waals surface area contributed by atoms with Crippen LogP contribution in [0.1, 0.15) is 138 Å². The molecule has 0 spiro atoms. The molecule has 2 saturated carbocycles. The number of unbranched alkanes of at least 4 members (excludes halogenated alkanes) is 6. The number of hydrogen-bond donors (Lipinski definition) is 0. The minimum absolute atomic E-state index is 0.838. The summed E-state index contributed by atoms with van der Waals surface area (Å²) in [7, 11) is 0. The summed E-state index contributed by atoms with van der Waals surface area (Å²) in [4.78, 5) is 0. The lowest BCUT2D eigenvalue weighted by atomic mass is 9.80. The Kier molecular flexibility index (Phi) is 14.5. The van der Waals surface area contributed by atoms with Gasteiger partial charge >= 0.3 is 0 Å². The Bertz CT molecular complexity index is 819. The van der Waals surface area contributed by atoms with E-state index >= 15 is 0 Å². The quantitative estimate of drug-likeness (QED) is 0.269. The minimum Gasteiger partial charge on any atom is -0.0985 e. The van der Waals surface area contributed by atoms with E-state index in [-0.39, 0.29) is 0 Å². The molecule has 0 amide bonds. The van der Waals surface area contributed by atoms with Crippen LogP contribution < -0.4 is 0 Å². The summed E-state index contributed by atoms with van der Waals surface area (Å²) >= 11 is 0. The SMILES string of the molecule is C=Cc1ccc(C2CC2CCCCC)cc1.C=Cc1cccc(C2CCC2)c1.CCCCCCC. The predicted molar refractivity (Wildman–Crippen MR) is 159 cm³/mol. The fourth-order valence-corrected chi connectivity index (χ4v) is 4.87. The van der Waals surface area contributed by atoms with E-state index in [0.717, 1.165) is 17.8 Å². The van der Waals surface area contributed by atoms with Gasteiger partial charge in [0, 0.05) is 0 Å². The van der Waals surface area contributed by atoms with Gasteiger partial charge in [0.25, 0.3) is 0 Å². The maximum absolute atomic E-state index is 3.79. The smallest absolute Gasteiger partial charge is 0.0131 e. The van der Waals surface area contributed by atoms with Crippen LogP contribution in [0.15, 0.2) is 61.7 Å². The predicted octanol–water partition coefficient (Wildman–Crippen LogP) is 11.6. The molecule has 0 heteroatoms. The molecule has 2 aliphatic rings. The summed E-state index contributed by atoms with van der Waals surface area (Å²) in [5, 5.41) is 0. The second-order valence-corrected chi connectivity index (χ2v) is 10.5. The first kappa shape index (κ1) is 29.2. The average molecular weight is 473 g/mol. The van der Waals surface area contributed by atoms with Crippen LogP contribution in [0.3, 0.4) is 0 Å². The third-order valence-corrected chi connectivity index (χ3v) is 7.63. The van der Waals surface area contributed by atoms with E-state index in [4.69, 9.17) is 0 Å². The summed E-state index contributed by atoms with van der Waals surface area (Å²) in [6.07, 6.45) is 22.0. The van der Waals surface area contributed by atoms with E-state index in [2.05, 4.69) is 82.5 Å². The van der Waals surface area contributed by atoms with E-state index in [9.17, 15) is 0 Å². The molecule has 0 radical (unpaired) electrons. The molecule has 2 aromatic carbocycles. The maximum atomic E-state index is 3.79. The monoisotopic (exact) mass is 472 g/mol. The fraction of sp³-hybridized carbons (Fsp3) is 0.543. The van der Waals surface area contributed by atoms with Crippen LogP contribution in [0.5, 0.6) is 0 Å². The second kappa shape index (κ2) is 17.4. The molecule has 0 nitrogen and oxygen atoms in total. The maximum Gasteiger partial charge on any atom is -0.0131 e. The van der Waals surface area contributed by atoms with Crippen molar-refractivity contribution in [2.24, 2.45) is 5.92 Å². The van der Waals surface area contributed by atoms with Crippen molar-refractivity contribution in [3.8, 4) is 0 Å². The lowest BCUT2D eigenvalue weighted by Gasteiger charge is -2.25. The molecule has 0 aromatic heterocycles. The van der Waals surface area contributed by atoms with Gasteiger partial charge in [-0.25, -0.2) is 0 Å². The summed E-state index contributed by atoms with van der Waals surface area (Å²) in [5.74, 6) is 2.67. The first-order valence-corrected chi connectivity index (χ1v) is 14.6. The molecule has 4 rings (SSSR count). The Morgan fingerprint density at radius 3 is 1.89 bits per heavy atom. The van der Waals surface area contributed by atoms with Crippen molar-refractivity contribution in [3.63, 3.8) is 0 Å². The number of benzene rings is 2. The van der Waals surface area contributed by atoms with Crippen molar-refractivity contribution in [2.75, 3.05) is 0 Å². The van der Waals surface area contributed by atoms with E-state index in [0.29, 0.717) is 0 Å². The molecule has 0 bridgehead atoms. The van der Waals surface area contributed by atoms with Gasteiger partial charge in [-0.05, 0) is 65.7 Å². The Morgan fingerprint density at radius 1 is 0.714 bits per heavy atom. The topological polar surface area (TPSA) is 0 Å². The third-order valence-electron chi connectivity index (χ3n) is 7.63. The van der Waals surface area contributed by atoms with Gasteiger partial charge in [0.15, 0.2) is 0 Å². The van der Waals surface area contributed by atoms with Crippen molar-refractivity contribution in [2.45, 2.75) is 116 Å². The van der Waals surface area contributed by atoms with Gasteiger partial charge in [0.05, 0.1) is 0 Å². The first-order chi connectivity index (χ1) is 17.2. The van der Waals surface area contributed by atoms with Gasteiger partial charge < -0.3 is 0 Å². The van der Waals surface area contributed by atoms with Crippen molar-refractivity contribution < 1.29 is 0 Å². The largest absolute Gasteiger partial charge is 0.0985 e. The van der Waals surface area contributed by atoms with Crippen LogP contribution in [0.25, 0.3) is 12.2 Å². The molecule has 2 atom stereocenters. The summed E-state index contributed by atoms with van der Waals surface area (Å²) in [5.41, 5.74) is 5.51. The number of hydrogen-bond acceptors (Lipinski definition) is 0. The fourth-order valence-electron chi connectivity index (χ4n) is 4.87. The molecular weight excluding hydrogens is 420 g/mol. The van der Waals surface area contributed by atoms with Crippen LogP contribution in [0.2, 0.25) is 0 Å². The zero-order valence-corrected chi connectivity index (χ0v) is 23.1. The molecule has 35 heavy (non-hydrogen) atoms. The van der Waals surface area contributed by atoms with Crippen molar-refractivity contribution >= 4 is 12.2 Å². The Labute approximate surface area is 218 Å². The number of rotatable bonds is 12. The van der Waals surface area contributed by atoms with Crippen molar-refractivity contribution in [3.05, 3.63) is 83.9 Å². The Morgan fingerprint density at radius 2 is 1.34 bits per heavy atom. The minimum atomic E-state index is 0.838. The molecule has 2 unspecified atom stereocenters. The van der Waals surface area contributed by atoms with Crippen LogP contribution >= 0.6 is 0 Å². The van der Waals surface area contributed by atoms with Gasteiger partial charge in [-0.3, -0.25) is 0 Å². The first-order valence-electron chi connectivity index (χ1n) is 14.6. The molecule has 0 aliphatic heterocycles.